The van der Waals surface area contributed by atoms with Crippen molar-refractivity contribution in [2.24, 2.45) is 0 Å². The third kappa shape index (κ3) is 4.75. The molecule has 0 spiro atoms. The summed E-state index contributed by atoms with van der Waals surface area (Å²) in [5, 5.41) is 7.16. The van der Waals surface area contributed by atoms with Crippen LogP contribution in [0.2, 0.25) is 0 Å². The van der Waals surface area contributed by atoms with E-state index in [0.717, 1.165) is 0 Å². The van der Waals surface area contributed by atoms with Gasteiger partial charge in [0.15, 0.2) is 0 Å². The van der Waals surface area contributed by atoms with Crippen molar-refractivity contribution in [3.63, 3.8) is 0 Å². The zero-order valence-electron chi connectivity index (χ0n) is 26.1. The highest BCUT2D eigenvalue weighted by Crippen LogP contribution is 2.55. The van der Waals surface area contributed by atoms with Crippen LogP contribution >= 0.6 is 23.1 Å². The lowest BCUT2D eigenvalue weighted by Gasteiger charge is -2.16. The van der Waals surface area contributed by atoms with Gasteiger partial charge in [-0.3, -0.25) is 0 Å². The number of thioether (sulfide) groups is 1. The van der Waals surface area contributed by atoms with Crippen LogP contribution in [0.15, 0.2) is 163 Å². The normalized spacial score (nSPS) is 16.2. The Hall–Kier alpha value is -5.15. The maximum Gasteiger partial charge on any atom is 0.0396 e. The molecule has 2 heterocycles. The molecule has 0 fully saturated rings. The van der Waals surface area contributed by atoms with Gasteiger partial charge in [0, 0.05) is 31.0 Å². The van der Waals surface area contributed by atoms with Gasteiger partial charge in [0.2, 0.25) is 0 Å². The van der Waals surface area contributed by atoms with Crippen LogP contribution in [0.3, 0.4) is 0 Å². The molecular formula is C46H30S2. The topological polar surface area (TPSA) is 0 Å². The minimum Gasteiger partial charge on any atom is -0.138 e. The number of rotatable bonds is 4. The van der Waals surface area contributed by atoms with E-state index in [2.05, 4.69) is 182 Å². The van der Waals surface area contributed by atoms with Crippen molar-refractivity contribution in [2.45, 2.75) is 16.1 Å². The van der Waals surface area contributed by atoms with Crippen molar-refractivity contribution in [3.05, 3.63) is 173 Å². The SMILES string of the molecule is C1=c2ccc(-c3ccc(-c4ccccc4)cc3)cc2=CC2Sc3c(sc4cc5cc(-c6ccc(-c7ccccc7)cc6)ccc5cc34)C12. The van der Waals surface area contributed by atoms with Gasteiger partial charge in [0.25, 0.3) is 0 Å². The Kier molecular flexibility index (Phi) is 6.53. The highest BCUT2D eigenvalue weighted by Gasteiger charge is 2.35. The van der Waals surface area contributed by atoms with E-state index in [0.29, 0.717) is 11.2 Å². The van der Waals surface area contributed by atoms with Gasteiger partial charge in [-0.2, -0.15) is 0 Å². The fraction of sp³-hybridized carbons (Fsp3) is 0.0435. The highest BCUT2D eigenvalue weighted by molar-refractivity contribution is 8.01. The summed E-state index contributed by atoms with van der Waals surface area (Å²) in [7, 11) is 0. The molecule has 0 nitrogen and oxygen atoms in total. The predicted octanol–water partition coefficient (Wildman–Crippen LogP) is 11.6. The lowest BCUT2D eigenvalue weighted by atomic mass is 9.93. The van der Waals surface area contributed by atoms with Gasteiger partial charge in [0.05, 0.1) is 0 Å². The molecule has 1 aliphatic heterocycles. The summed E-state index contributed by atoms with van der Waals surface area (Å²) in [4.78, 5) is 3.00. The number of thiophene rings is 1. The smallest absolute Gasteiger partial charge is 0.0396 e. The summed E-state index contributed by atoms with van der Waals surface area (Å²) in [5.74, 6) is 0.424. The van der Waals surface area contributed by atoms with Gasteiger partial charge in [0.1, 0.15) is 0 Å². The first-order chi connectivity index (χ1) is 23.7. The van der Waals surface area contributed by atoms with Gasteiger partial charge in [-0.15, -0.1) is 23.1 Å². The van der Waals surface area contributed by atoms with Crippen LogP contribution in [-0.2, 0) is 0 Å². The Morgan fingerprint density at radius 1 is 0.396 bits per heavy atom. The average Bonchev–Trinajstić information content (AvgIpc) is 3.68. The van der Waals surface area contributed by atoms with Gasteiger partial charge >= 0.3 is 0 Å². The van der Waals surface area contributed by atoms with Crippen LogP contribution < -0.4 is 10.4 Å². The summed E-state index contributed by atoms with van der Waals surface area (Å²) in [5.41, 5.74) is 10.1. The van der Waals surface area contributed by atoms with Crippen molar-refractivity contribution < 1.29 is 0 Å². The third-order valence-electron chi connectivity index (χ3n) is 9.98. The third-order valence-corrected chi connectivity index (χ3v) is 12.7. The van der Waals surface area contributed by atoms with Gasteiger partial charge in [-0.1, -0.05) is 146 Å². The van der Waals surface area contributed by atoms with Crippen LogP contribution in [0.1, 0.15) is 10.8 Å². The maximum atomic E-state index is 2.52. The maximum absolute atomic E-state index is 2.52. The Labute approximate surface area is 288 Å². The predicted molar refractivity (Wildman–Crippen MR) is 208 cm³/mol. The number of hydrogen-bond acceptors (Lipinski definition) is 2. The van der Waals surface area contributed by atoms with E-state index in [-0.39, 0.29) is 0 Å². The van der Waals surface area contributed by atoms with Gasteiger partial charge in [-0.05, 0) is 90.0 Å². The zero-order valence-corrected chi connectivity index (χ0v) is 27.8. The molecule has 0 N–H and O–H groups in total. The Morgan fingerprint density at radius 2 is 0.938 bits per heavy atom. The molecule has 2 aliphatic rings. The monoisotopic (exact) mass is 646 g/mol. The van der Waals surface area contributed by atoms with Crippen molar-refractivity contribution >= 4 is 56.1 Å². The Balaban J connectivity index is 0.952. The van der Waals surface area contributed by atoms with Gasteiger partial charge < -0.3 is 0 Å². The van der Waals surface area contributed by atoms with Gasteiger partial charge in [-0.25, -0.2) is 0 Å². The molecule has 2 unspecified atom stereocenters. The second-order valence-electron chi connectivity index (χ2n) is 12.9. The molecule has 0 saturated carbocycles. The first-order valence-electron chi connectivity index (χ1n) is 16.6. The fourth-order valence-corrected chi connectivity index (χ4v) is 10.5. The highest BCUT2D eigenvalue weighted by atomic mass is 32.2. The molecule has 2 heteroatoms. The molecule has 0 bridgehead atoms. The van der Waals surface area contributed by atoms with Crippen LogP contribution in [0.5, 0.6) is 0 Å². The Bertz CT molecular complexity index is 2610. The standard InChI is InChI=1S/C46H30S2/c1-3-7-29(8-4-1)31-11-15-33(16-12-31)35-19-21-37-25-41-43(27-39(37)23-35)47-46-42-26-38-22-20-36(24-40(38)28-44(42)48-45(41)46)34-17-13-32(14-18-34)30-9-5-2-6-10-30/h1-28,41,43H. The molecular weight excluding hydrogens is 617 g/mol. The second-order valence-corrected chi connectivity index (χ2v) is 15.1. The average molecular weight is 647 g/mol. The first-order valence-corrected chi connectivity index (χ1v) is 18.3. The second kappa shape index (κ2) is 11.2. The Morgan fingerprint density at radius 3 is 1.58 bits per heavy atom. The number of fused-ring (bicyclic) bond motifs is 7. The molecule has 226 valence electrons. The molecule has 0 radical (unpaired) electrons. The van der Waals surface area contributed by atoms with E-state index in [1.54, 1.807) is 0 Å². The molecule has 48 heavy (non-hydrogen) atoms. The molecule has 10 rings (SSSR count). The van der Waals surface area contributed by atoms with Crippen molar-refractivity contribution in [1.82, 2.24) is 0 Å². The first kappa shape index (κ1) is 27.9. The van der Waals surface area contributed by atoms with Crippen molar-refractivity contribution in [2.75, 3.05) is 0 Å². The fourth-order valence-electron chi connectivity index (χ4n) is 7.42. The molecule has 0 amide bonds. The van der Waals surface area contributed by atoms with Crippen LogP contribution in [0.4, 0.5) is 0 Å². The van der Waals surface area contributed by atoms with E-state index in [4.69, 9.17) is 0 Å². The lowest BCUT2D eigenvalue weighted by Crippen LogP contribution is -2.31. The van der Waals surface area contributed by atoms with Crippen LogP contribution in [0, 0.1) is 0 Å². The molecule has 1 aliphatic carbocycles. The summed E-state index contributed by atoms with van der Waals surface area (Å²) in [6.07, 6.45) is 5.04. The number of hydrogen-bond donors (Lipinski definition) is 0. The van der Waals surface area contributed by atoms with E-state index in [9.17, 15) is 0 Å². The van der Waals surface area contributed by atoms with Crippen molar-refractivity contribution in [3.8, 4) is 44.5 Å². The molecule has 8 aromatic rings. The van der Waals surface area contributed by atoms with Crippen molar-refractivity contribution in [1.29, 1.82) is 0 Å². The summed E-state index contributed by atoms with van der Waals surface area (Å²) >= 11 is 4.04. The van der Waals surface area contributed by atoms with Crippen LogP contribution in [-0.4, -0.2) is 5.25 Å². The molecule has 2 atom stereocenters. The quantitative estimate of drug-likeness (QED) is 0.183. The minimum atomic E-state index is 0.424. The zero-order chi connectivity index (χ0) is 31.6. The number of benzene rings is 7. The van der Waals surface area contributed by atoms with Crippen LogP contribution in [0.25, 0.3) is 77.5 Å². The summed E-state index contributed by atoms with van der Waals surface area (Å²) < 4.78 is 1.39. The van der Waals surface area contributed by atoms with E-state index in [1.165, 1.54) is 85.6 Å². The molecule has 0 saturated heterocycles. The largest absolute Gasteiger partial charge is 0.138 e. The van der Waals surface area contributed by atoms with E-state index in [1.807, 2.05) is 11.3 Å². The molecule has 1 aromatic heterocycles. The van der Waals surface area contributed by atoms with E-state index < -0.39 is 0 Å². The minimum absolute atomic E-state index is 0.424. The lowest BCUT2D eigenvalue weighted by molar-refractivity contribution is 0.975. The molecule has 7 aromatic carbocycles. The summed E-state index contributed by atoms with van der Waals surface area (Å²) in [6.45, 7) is 0. The van der Waals surface area contributed by atoms with E-state index >= 15 is 0 Å². The summed E-state index contributed by atoms with van der Waals surface area (Å²) in [6, 6.07) is 57.9.